The summed E-state index contributed by atoms with van der Waals surface area (Å²) >= 11 is 0. The van der Waals surface area contributed by atoms with Crippen LogP contribution in [0.2, 0.25) is 0 Å². The molecule has 1 saturated heterocycles. The summed E-state index contributed by atoms with van der Waals surface area (Å²) < 4.78 is 26.7. The van der Waals surface area contributed by atoms with Gasteiger partial charge < -0.3 is 10.2 Å². The maximum absolute atomic E-state index is 12.7. The fraction of sp³-hybridized carbons (Fsp3) is 0.500. The van der Waals surface area contributed by atoms with Crippen molar-refractivity contribution in [3.63, 3.8) is 0 Å². The van der Waals surface area contributed by atoms with Gasteiger partial charge in [0.05, 0.1) is 4.90 Å². The number of hydrogen-bond donors (Lipinski definition) is 1. The van der Waals surface area contributed by atoms with Crippen LogP contribution >= 0.6 is 0 Å². The van der Waals surface area contributed by atoms with E-state index in [1.807, 2.05) is 6.92 Å². The van der Waals surface area contributed by atoms with Gasteiger partial charge in [-0.05, 0) is 30.7 Å². The Kier molecular flexibility index (Phi) is 5.95. The van der Waals surface area contributed by atoms with Crippen LogP contribution in [0.5, 0.6) is 0 Å². The Labute approximate surface area is 142 Å². The van der Waals surface area contributed by atoms with Gasteiger partial charge in [-0.25, -0.2) is 8.42 Å². The van der Waals surface area contributed by atoms with Crippen molar-refractivity contribution in [1.82, 2.24) is 9.21 Å². The summed E-state index contributed by atoms with van der Waals surface area (Å²) in [6.45, 7) is 4.77. The number of nitrogens with one attached hydrogen (secondary N) is 1. The van der Waals surface area contributed by atoms with Gasteiger partial charge in [0.15, 0.2) is 0 Å². The van der Waals surface area contributed by atoms with Crippen molar-refractivity contribution in [2.75, 3.05) is 31.5 Å². The molecule has 0 aromatic heterocycles. The molecule has 1 N–H and O–H groups in total. The molecule has 24 heavy (non-hydrogen) atoms. The molecule has 1 aromatic carbocycles. The van der Waals surface area contributed by atoms with Crippen LogP contribution in [-0.4, -0.2) is 55.6 Å². The molecule has 8 heteroatoms. The Balaban J connectivity index is 2.03. The first kappa shape index (κ1) is 18.4. The van der Waals surface area contributed by atoms with Crippen molar-refractivity contribution in [2.24, 2.45) is 0 Å². The Morgan fingerprint density at radius 2 is 1.67 bits per heavy atom. The number of benzene rings is 1. The maximum atomic E-state index is 12.7. The number of amides is 2. The highest BCUT2D eigenvalue weighted by Gasteiger charge is 2.29. The monoisotopic (exact) mass is 353 g/mol. The highest BCUT2D eigenvalue weighted by Crippen LogP contribution is 2.20. The molecule has 0 spiro atoms. The number of carbonyl (C=O) groups is 2. The van der Waals surface area contributed by atoms with Crippen LogP contribution in [-0.2, 0) is 19.6 Å². The maximum Gasteiger partial charge on any atom is 0.243 e. The Bertz CT molecular complexity index is 693. The molecule has 1 fully saturated rings. The molecule has 132 valence electrons. The van der Waals surface area contributed by atoms with Crippen LogP contribution in [0.25, 0.3) is 0 Å². The normalized spacial score (nSPS) is 16.0. The SMILES string of the molecule is CCCC(=O)N1CCN(S(=O)(=O)c2ccc(NC(C)=O)cc2)CC1. The summed E-state index contributed by atoms with van der Waals surface area (Å²) in [5.74, 6) is -0.132. The van der Waals surface area contributed by atoms with E-state index in [0.29, 0.717) is 38.3 Å². The Morgan fingerprint density at radius 1 is 1.08 bits per heavy atom. The third kappa shape index (κ3) is 4.33. The molecule has 2 rings (SSSR count). The standard InChI is InChI=1S/C16H23N3O4S/c1-3-4-16(21)18-9-11-19(12-10-18)24(22,23)15-7-5-14(6-8-15)17-13(2)20/h5-8H,3-4,9-12H2,1-2H3,(H,17,20). The zero-order valence-corrected chi connectivity index (χ0v) is 14.8. The van der Waals surface area contributed by atoms with Gasteiger partial charge >= 0.3 is 0 Å². The molecule has 1 aliphatic heterocycles. The second-order valence-corrected chi connectivity index (χ2v) is 7.68. The summed E-state index contributed by atoms with van der Waals surface area (Å²) in [7, 11) is -3.59. The molecular formula is C16H23N3O4S. The zero-order chi connectivity index (χ0) is 17.7. The van der Waals surface area contributed by atoms with Crippen molar-refractivity contribution in [3.8, 4) is 0 Å². The van der Waals surface area contributed by atoms with Crippen molar-refractivity contribution in [2.45, 2.75) is 31.6 Å². The van der Waals surface area contributed by atoms with Gasteiger partial charge in [-0.3, -0.25) is 9.59 Å². The third-order valence-corrected chi connectivity index (χ3v) is 5.78. The molecule has 0 atom stereocenters. The molecule has 7 nitrogen and oxygen atoms in total. The van der Waals surface area contributed by atoms with E-state index in [4.69, 9.17) is 0 Å². The Hall–Kier alpha value is -1.93. The molecule has 0 radical (unpaired) electrons. The molecule has 0 bridgehead atoms. The van der Waals surface area contributed by atoms with E-state index in [0.717, 1.165) is 6.42 Å². The lowest BCUT2D eigenvalue weighted by atomic mass is 10.2. The molecule has 0 unspecified atom stereocenters. The van der Waals surface area contributed by atoms with Crippen LogP contribution in [0, 0.1) is 0 Å². The molecule has 1 heterocycles. The van der Waals surface area contributed by atoms with Crippen molar-refractivity contribution in [1.29, 1.82) is 0 Å². The van der Waals surface area contributed by atoms with Crippen LogP contribution in [0.4, 0.5) is 5.69 Å². The predicted octanol–water partition coefficient (Wildman–Crippen LogP) is 1.28. The number of rotatable bonds is 5. The van der Waals surface area contributed by atoms with Gasteiger partial charge in [0, 0.05) is 45.2 Å². The average molecular weight is 353 g/mol. The van der Waals surface area contributed by atoms with Gasteiger partial charge in [-0.15, -0.1) is 0 Å². The second-order valence-electron chi connectivity index (χ2n) is 5.74. The molecule has 0 aliphatic carbocycles. The van der Waals surface area contributed by atoms with Crippen LogP contribution in [0.15, 0.2) is 29.2 Å². The lowest BCUT2D eigenvalue weighted by Gasteiger charge is -2.34. The predicted molar refractivity (Wildman–Crippen MR) is 91.0 cm³/mol. The first-order valence-corrected chi connectivity index (χ1v) is 9.44. The van der Waals surface area contributed by atoms with E-state index < -0.39 is 10.0 Å². The van der Waals surface area contributed by atoms with E-state index in [9.17, 15) is 18.0 Å². The largest absolute Gasteiger partial charge is 0.340 e. The molecule has 1 aromatic rings. The van der Waals surface area contributed by atoms with E-state index in [-0.39, 0.29) is 16.7 Å². The third-order valence-electron chi connectivity index (χ3n) is 3.87. The van der Waals surface area contributed by atoms with Crippen LogP contribution in [0.3, 0.4) is 0 Å². The van der Waals surface area contributed by atoms with Crippen LogP contribution < -0.4 is 5.32 Å². The summed E-state index contributed by atoms with van der Waals surface area (Å²) in [5, 5.41) is 2.60. The van der Waals surface area contributed by atoms with Crippen molar-refractivity contribution >= 4 is 27.5 Å². The van der Waals surface area contributed by atoms with E-state index in [1.54, 1.807) is 17.0 Å². The summed E-state index contributed by atoms with van der Waals surface area (Å²) in [5.41, 5.74) is 0.552. The van der Waals surface area contributed by atoms with E-state index in [1.165, 1.54) is 23.4 Å². The quantitative estimate of drug-likeness (QED) is 0.864. The number of carbonyl (C=O) groups excluding carboxylic acids is 2. The fourth-order valence-electron chi connectivity index (χ4n) is 2.61. The van der Waals surface area contributed by atoms with Crippen LogP contribution in [0.1, 0.15) is 26.7 Å². The summed E-state index contributed by atoms with van der Waals surface area (Å²) in [4.78, 5) is 24.8. The van der Waals surface area contributed by atoms with Gasteiger partial charge in [0.2, 0.25) is 21.8 Å². The zero-order valence-electron chi connectivity index (χ0n) is 14.0. The highest BCUT2D eigenvalue weighted by atomic mass is 32.2. The highest BCUT2D eigenvalue weighted by molar-refractivity contribution is 7.89. The summed E-state index contributed by atoms with van der Waals surface area (Å²) in [6, 6.07) is 6.09. The topological polar surface area (TPSA) is 86.8 Å². The number of nitrogens with zero attached hydrogens (tertiary/aromatic N) is 2. The Morgan fingerprint density at radius 3 is 2.17 bits per heavy atom. The summed E-state index contributed by atoms with van der Waals surface area (Å²) in [6.07, 6.45) is 1.29. The van der Waals surface area contributed by atoms with Crippen molar-refractivity contribution < 1.29 is 18.0 Å². The molecule has 2 amide bonds. The number of anilines is 1. The first-order valence-electron chi connectivity index (χ1n) is 8.00. The number of sulfonamides is 1. The number of piperazine rings is 1. The minimum Gasteiger partial charge on any atom is -0.340 e. The molecular weight excluding hydrogens is 330 g/mol. The first-order chi connectivity index (χ1) is 11.3. The smallest absolute Gasteiger partial charge is 0.243 e. The minimum absolute atomic E-state index is 0.0780. The molecule has 0 saturated carbocycles. The number of hydrogen-bond acceptors (Lipinski definition) is 4. The van der Waals surface area contributed by atoms with Crippen molar-refractivity contribution in [3.05, 3.63) is 24.3 Å². The van der Waals surface area contributed by atoms with Gasteiger partial charge in [0.1, 0.15) is 0 Å². The lowest BCUT2D eigenvalue weighted by Crippen LogP contribution is -2.50. The lowest BCUT2D eigenvalue weighted by molar-refractivity contribution is -0.132. The second kappa shape index (κ2) is 7.76. The molecule has 1 aliphatic rings. The fourth-order valence-corrected chi connectivity index (χ4v) is 4.03. The van der Waals surface area contributed by atoms with E-state index in [2.05, 4.69) is 5.32 Å². The van der Waals surface area contributed by atoms with Gasteiger partial charge in [0.25, 0.3) is 0 Å². The average Bonchev–Trinajstić information content (AvgIpc) is 2.55. The van der Waals surface area contributed by atoms with Gasteiger partial charge in [-0.2, -0.15) is 4.31 Å². The van der Waals surface area contributed by atoms with Gasteiger partial charge in [-0.1, -0.05) is 6.92 Å². The minimum atomic E-state index is -3.59. The van der Waals surface area contributed by atoms with E-state index >= 15 is 0 Å².